The minimum Gasteiger partial charge on any atom is -0.334 e. The second kappa shape index (κ2) is 8.13. The van der Waals surface area contributed by atoms with Gasteiger partial charge in [0, 0.05) is 50.5 Å². The molecule has 0 saturated carbocycles. The van der Waals surface area contributed by atoms with Crippen molar-refractivity contribution in [2.45, 2.75) is 13.1 Å². The summed E-state index contributed by atoms with van der Waals surface area (Å²) in [6.45, 7) is 4.44. The summed E-state index contributed by atoms with van der Waals surface area (Å²) in [5.41, 5.74) is 2.00. The number of halogens is 1. The molecular formula is C18H21ClN4O. The molecule has 126 valence electrons. The van der Waals surface area contributed by atoms with Crippen molar-refractivity contribution in [2.75, 3.05) is 26.2 Å². The third-order valence-corrected chi connectivity index (χ3v) is 4.53. The van der Waals surface area contributed by atoms with Crippen LogP contribution in [-0.4, -0.2) is 47.0 Å². The predicted molar refractivity (Wildman–Crippen MR) is 94.8 cm³/mol. The highest BCUT2D eigenvalue weighted by molar-refractivity contribution is 6.31. The van der Waals surface area contributed by atoms with Gasteiger partial charge in [-0.3, -0.25) is 9.88 Å². The molecular weight excluding hydrogens is 324 g/mol. The molecule has 3 rings (SSSR count). The summed E-state index contributed by atoms with van der Waals surface area (Å²) >= 11 is 6.11. The zero-order valence-corrected chi connectivity index (χ0v) is 14.2. The van der Waals surface area contributed by atoms with Crippen molar-refractivity contribution in [3.8, 4) is 0 Å². The zero-order valence-electron chi connectivity index (χ0n) is 13.5. The Labute approximate surface area is 147 Å². The van der Waals surface area contributed by atoms with E-state index in [0.717, 1.165) is 44.0 Å². The van der Waals surface area contributed by atoms with Crippen LogP contribution in [-0.2, 0) is 13.1 Å². The van der Waals surface area contributed by atoms with E-state index in [-0.39, 0.29) is 6.03 Å². The summed E-state index contributed by atoms with van der Waals surface area (Å²) in [6.07, 6.45) is 1.81. The number of urea groups is 1. The summed E-state index contributed by atoms with van der Waals surface area (Å²) in [6, 6.07) is 13.5. The standard InChI is InChI=1S/C18H21ClN4O/c19-17-7-2-1-5-15(17)13-21-18(24)23-11-9-22(10-12-23)14-16-6-3-4-8-20-16/h1-8H,9-14H2,(H,21,24). The van der Waals surface area contributed by atoms with Gasteiger partial charge in [-0.15, -0.1) is 0 Å². The molecule has 1 aromatic heterocycles. The molecule has 2 aromatic rings. The number of pyridine rings is 1. The average Bonchev–Trinajstić information content (AvgIpc) is 2.62. The SMILES string of the molecule is O=C(NCc1ccccc1Cl)N1CCN(Cc2ccccn2)CC1. The van der Waals surface area contributed by atoms with Gasteiger partial charge in [-0.05, 0) is 23.8 Å². The fourth-order valence-electron chi connectivity index (χ4n) is 2.75. The lowest BCUT2D eigenvalue weighted by atomic mass is 10.2. The number of piperazine rings is 1. The fraction of sp³-hybridized carbons (Fsp3) is 0.333. The fourth-order valence-corrected chi connectivity index (χ4v) is 2.96. The van der Waals surface area contributed by atoms with Gasteiger partial charge in [-0.1, -0.05) is 35.9 Å². The number of amides is 2. The van der Waals surface area contributed by atoms with Crippen LogP contribution in [0.2, 0.25) is 5.02 Å². The van der Waals surface area contributed by atoms with E-state index in [1.807, 2.05) is 53.6 Å². The molecule has 2 heterocycles. The quantitative estimate of drug-likeness (QED) is 0.927. The van der Waals surface area contributed by atoms with E-state index in [2.05, 4.69) is 15.2 Å². The van der Waals surface area contributed by atoms with Crippen molar-refractivity contribution in [1.82, 2.24) is 20.1 Å². The number of aromatic nitrogens is 1. The summed E-state index contributed by atoms with van der Waals surface area (Å²) in [4.78, 5) is 20.8. The lowest BCUT2D eigenvalue weighted by Crippen LogP contribution is -2.51. The van der Waals surface area contributed by atoms with E-state index in [4.69, 9.17) is 11.6 Å². The van der Waals surface area contributed by atoms with Gasteiger partial charge in [0.25, 0.3) is 0 Å². The Morgan fingerprint density at radius 1 is 1.08 bits per heavy atom. The number of rotatable bonds is 4. The molecule has 0 atom stereocenters. The van der Waals surface area contributed by atoms with Gasteiger partial charge in [-0.25, -0.2) is 4.79 Å². The van der Waals surface area contributed by atoms with Crippen LogP contribution in [0, 0.1) is 0 Å². The molecule has 0 spiro atoms. The van der Waals surface area contributed by atoms with Crippen LogP contribution in [0.15, 0.2) is 48.7 Å². The number of carbonyl (C=O) groups is 1. The van der Waals surface area contributed by atoms with Crippen molar-refractivity contribution in [3.05, 3.63) is 64.9 Å². The Morgan fingerprint density at radius 3 is 2.54 bits per heavy atom. The van der Waals surface area contributed by atoms with Crippen molar-refractivity contribution in [2.24, 2.45) is 0 Å². The van der Waals surface area contributed by atoms with Crippen molar-refractivity contribution < 1.29 is 4.79 Å². The third kappa shape index (κ3) is 4.46. The first-order chi connectivity index (χ1) is 11.7. The summed E-state index contributed by atoms with van der Waals surface area (Å²) < 4.78 is 0. The molecule has 1 saturated heterocycles. The van der Waals surface area contributed by atoms with Crippen molar-refractivity contribution in [1.29, 1.82) is 0 Å². The first kappa shape index (κ1) is 16.7. The third-order valence-electron chi connectivity index (χ3n) is 4.16. The molecule has 1 aromatic carbocycles. The van der Waals surface area contributed by atoms with E-state index in [1.54, 1.807) is 0 Å². The highest BCUT2D eigenvalue weighted by atomic mass is 35.5. The number of hydrogen-bond donors (Lipinski definition) is 1. The molecule has 0 radical (unpaired) electrons. The Hall–Kier alpha value is -2.11. The molecule has 1 N–H and O–H groups in total. The van der Waals surface area contributed by atoms with Crippen LogP contribution in [0.3, 0.4) is 0 Å². The molecule has 2 amide bonds. The Kier molecular flexibility index (Phi) is 5.67. The molecule has 24 heavy (non-hydrogen) atoms. The van der Waals surface area contributed by atoms with Crippen LogP contribution in [0.25, 0.3) is 0 Å². The molecule has 0 unspecified atom stereocenters. The maximum Gasteiger partial charge on any atom is 0.317 e. The second-order valence-corrected chi connectivity index (χ2v) is 6.24. The van der Waals surface area contributed by atoms with Crippen molar-refractivity contribution >= 4 is 17.6 Å². The first-order valence-corrected chi connectivity index (χ1v) is 8.48. The smallest absolute Gasteiger partial charge is 0.317 e. The largest absolute Gasteiger partial charge is 0.334 e. The van der Waals surface area contributed by atoms with Gasteiger partial charge in [0.05, 0.1) is 5.69 Å². The first-order valence-electron chi connectivity index (χ1n) is 8.11. The normalized spacial score (nSPS) is 15.3. The van der Waals surface area contributed by atoms with E-state index < -0.39 is 0 Å². The Balaban J connectivity index is 1.44. The predicted octanol–water partition coefficient (Wildman–Crippen LogP) is 2.76. The average molecular weight is 345 g/mol. The van der Waals surface area contributed by atoms with E-state index in [9.17, 15) is 4.79 Å². The van der Waals surface area contributed by atoms with E-state index in [0.29, 0.717) is 11.6 Å². The molecule has 1 aliphatic heterocycles. The minimum absolute atomic E-state index is 0.0348. The summed E-state index contributed by atoms with van der Waals surface area (Å²) in [5.74, 6) is 0. The topological polar surface area (TPSA) is 48.5 Å². The van der Waals surface area contributed by atoms with Crippen LogP contribution >= 0.6 is 11.6 Å². The number of carbonyl (C=O) groups excluding carboxylic acids is 1. The van der Waals surface area contributed by atoms with Gasteiger partial charge in [0.15, 0.2) is 0 Å². The van der Waals surface area contributed by atoms with Gasteiger partial charge < -0.3 is 10.2 Å². The monoisotopic (exact) mass is 344 g/mol. The minimum atomic E-state index is -0.0348. The second-order valence-electron chi connectivity index (χ2n) is 5.83. The highest BCUT2D eigenvalue weighted by Crippen LogP contribution is 2.14. The maximum absolute atomic E-state index is 12.3. The van der Waals surface area contributed by atoms with Crippen LogP contribution in [0.1, 0.15) is 11.3 Å². The number of benzene rings is 1. The zero-order chi connectivity index (χ0) is 16.8. The molecule has 6 heteroatoms. The maximum atomic E-state index is 12.3. The number of hydrogen-bond acceptors (Lipinski definition) is 3. The van der Waals surface area contributed by atoms with Gasteiger partial charge in [0.1, 0.15) is 0 Å². The molecule has 1 fully saturated rings. The van der Waals surface area contributed by atoms with Gasteiger partial charge in [-0.2, -0.15) is 0 Å². The van der Waals surface area contributed by atoms with Gasteiger partial charge in [0.2, 0.25) is 0 Å². The van der Waals surface area contributed by atoms with Crippen LogP contribution in [0.4, 0.5) is 4.79 Å². The van der Waals surface area contributed by atoms with Crippen LogP contribution in [0.5, 0.6) is 0 Å². The molecule has 0 aliphatic carbocycles. The lowest BCUT2D eigenvalue weighted by Gasteiger charge is -2.34. The summed E-state index contributed by atoms with van der Waals surface area (Å²) in [5, 5.41) is 3.62. The van der Waals surface area contributed by atoms with E-state index >= 15 is 0 Å². The Morgan fingerprint density at radius 2 is 1.83 bits per heavy atom. The number of nitrogens with one attached hydrogen (secondary N) is 1. The van der Waals surface area contributed by atoms with Gasteiger partial charge >= 0.3 is 6.03 Å². The van der Waals surface area contributed by atoms with Crippen molar-refractivity contribution in [3.63, 3.8) is 0 Å². The molecule has 0 bridgehead atoms. The highest BCUT2D eigenvalue weighted by Gasteiger charge is 2.21. The Bertz CT molecular complexity index is 672. The van der Waals surface area contributed by atoms with Crippen LogP contribution < -0.4 is 5.32 Å². The number of nitrogens with zero attached hydrogens (tertiary/aromatic N) is 3. The van der Waals surface area contributed by atoms with E-state index in [1.165, 1.54) is 0 Å². The molecule has 5 nitrogen and oxygen atoms in total. The lowest BCUT2D eigenvalue weighted by molar-refractivity contribution is 0.134. The summed E-state index contributed by atoms with van der Waals surface area (Å²) in [7, 11) is 0. The molecule has 1 aliphatic rings.